The summed E-state index contributed by atoms with van der Waals surface area (Å²) in [6.07, 6.45) is -0.606. The molecule has 3 amide bonds. The molecule has 0 spiro atoms. The summed E-state index contributed by atoms with van der Waals surface area (Å²) in [7, 11) is 0. The molecule has 8 heteroatoms. The molecule has 0 aromatic heterocycles. The van der Waals surface area contributed by atoms with E-state index in [4.69, 9.17) is 4.74 Å². The van der Waals surface area contributed by atoms with E-state index in [-0.39, 0.29) is 26.2 Å². The van der Waals surface area contributed by atoms with Crippen LogP contribution in [0, 0.1) is 0 Å². The molecular formula is C26H25N3O5. The molecule has 3 aromatic carbocycles. The van der Waals surface area contributed by atoms with Crippen molar-refractivity contribution in [3.63, 3.8) is 0 Å². The summed E-state index contributed by atoms with van der Waals surface area (Å²) < 4.78 is 5.36. The molecule has 8 nitrogen and oxygen atoms in total. The Morgan fingerprint density at radius 2 is 1.35 bits per heavy atom. The number of carboxylic acids is 1. The molecule has 1 unspecified atom stereocenters. The third kappa shape index (κ3) is 5.17. The highest BCUT2D eigenvalue weighted by Crippen LogP contribution is 2.28. The third-order valence-corrected chi connectivity index (χ3v) is 5.59. The van der Waals surface area contributed by atoms with Crippen LogP contribution in [-0.4, -0.2) is 58.7 Å². The number of carbonyl (C=O) groups is 3. The molecule has 0 saturated carbocycles. The number of piperazine rings is 1. The zero-order valence-corrected chi connectivity index (χ0v) is 18.5. The van der Waals surface area contributed by atoms with Crippen molar-refractivity contribution in [1.82, 2.24) is 9.80 Å². The number of urea groups is 1. The number of amides is 3. The van der Waals surface area contributed by atoms with Crippen LogP contribution in [-0.2, 0) is 16.1 Å². The predicted octanol–water partition coefficient (Wildman–Crippen LogP) is 4.35. The summed E-state index contributed by atoms with van der Waals surface area (Å²) in [4.78, 5) is 42.5. The third-order valence-electron chi connectivity index (χ3n) is 5.59. The fraction of sp³-hybridized carbons (Fsp3) is 0.192. The van der Waals surface area contributed by atoms with Gasteiger partial charge in [-0.3, -0.25) is 4.90 Å². The van der Waals surface area contributed by atoms with Gasteiger partial charge in [0.2, 0.25) is 0 Å². The largest absolute Gasteiger partial charge is 0.480 e. The Bertz CT molecular complexity index is 1090. The van der Waals surface area contributed by atoms with Crippen molar-refractivity contribution < 1.29 is 24.2 Å². The maximum absolute atomic E-state index is 13.7. The van der Waals surface area contributed by atoms with Gasteiger partial charge in [0, 0.05) is 13.1 Å². The number of ether oxygens (including phenoxy) is 1. The normalized spacial score (nSPS) is 15.5. The summed E-state index contributed by atoms with van der Waals surface area (Å²) in [5, 5.41) is 9.90. The van der Waals surface area contributed by atoms with E-state index in [2.05, 4.69) is 0 Å². The first kappa shape index (κ1) is 22.8. The zero-order valence-electron chi connectivity index (χ0n) is 18.5. The Hall–Kier alpha value is -4.33. The standard InChI is InChI=1S/C26H25N3O5/c30-24(31)23-18-27(26(33)34-19-20-10-4-1-5-11-20)16-17-28(23)25(32)29(21-12-6-2-7-13-21)22-14-8-3-9-15-22/h1-15,23H,16-19H2,(H,30,31). The van der Waals surface area contributed by atoms with Gasteiger partial charge in [-0.2, -0.15) is 0 Å². The van der Waals surface area contributed by atoms with Crippen LogP contribution in [0.2, 0.25) is 0 Å². The van der Waals surface area contributed by atoms with Crippen molar-refractivity contribution in [2.24, 2.45) is 0 Å². The molecule has 1 heterocycles. The second-order valence-corrected chi connectivity index (χ2v) is 7.82. The van der Waals surface area contributed by atoms with Gasteiger partial charge in [0.1, 0.15) is 12.6 Å². The van der Waals surface area contributed by atoms with Gasteiger partial charge in [-0.05, 0) is 29.8 Å². The van der Waals surface area contributed by atoms with Crippen LogP contribution in [0.5, 0.6) is 0 Å². The first-order chi connectivity index (χ1) is 16.5. The Morgan fingerprint density at radius 1 is 0.824 bits per heavy atom. The Labute approximate surface area is 197 Å². The van der Waals surface area contributed by atoms with Crippen molar-refractivity contribution in [1.29, 1.82) is 0 Å². The van der Waals surface area contributed by atoms with E-state index in [1.807, 2.05) is 66.7 Å². The van der Waals surface area contributed by atoms with Crippen LogP contribution in [0.1, 0.15) is 5.56 Å². The van der Waals surface area contributed by atoms with Crippen LogP contribution in [0.25, 0.3) is 0 Å². The maximum Gasteiger partial charge on any atom is 0.410 e. The zero-order chi connectivity index (χ0) is 23.9. The van der Waals surface area contributed by atoms with Crippen LogP contribution >= 0.6 is 0 Å². The number of hydrogen-bond donors (Lipinski definition) is 1. The Balaban J connectivity index is 1.51. The van der Waals surface area contributed by atoms with Gasteiger partial charge in [-0.15, -0.1) is 0 Å². The number of anilines is 2. The number of nitrogens with zero attached hydrogens (tertiary/aromatic N) is 3. The molecule has 4 rings (SSSR count). The van der Waals surface area contributed by atoms with Crippen LogP contribution in [0.4, 0.5) is 21.0 Å². The fourth-order valence-corrected chi connectivity index (χ4v) is 3.85. The second kappa shape index (κ2) is 10.5. The number of para-hydroxylation sites is 2. The highest BCUT2D eigenvalue weighted by atomic mass is 16.6. The maximum atomic E-state index is 13.7. The molecule has 174 valence electrons. The lowest BCUT2D eigenvalue weighted by Gasteiger charge is -2.40. The summed E-state index contributed by atoms with van der Waals surface area (Å²) in [5.41, 5.74) is 2.07. The smallest absolute Gasteiger partial charge is 0.410 e. The molecule has 0 radical (unpaired) electrons. The number of hydrogen-bond acceptors (Lipinski definition) is 4. The quantitative estimate of drug-likeness (QED) is 0.613. The lowest BCUT2D eigenvalue weighted by molar-refractivity contribution is -0.143. The summed E-state index contributed by atoms with van der Waals surface area (Å²) >= 11 is 0. The first-order valence-corrected chi connectivity index (χ1v) is 10.9. The van der Waals surface area contributed by atoms with E-state index in [1.165, 1.54) is 14.7 Å². The molecule has 1 N–H and O–H groups in total. The van der Waals surface area contributed by atoms with Gasteiger partial charge in [-0.25, -0.2) is 14.4 Å². The van der Waals surface area contributed by atoms with Crippen molar-refractivity contribution in [2.75, 3.05) is 24.5 Å². The fourth-order valence-electron chi connectivity index (χ4n) is 3.85. The molecule has 0 aliphatic carbocycles. The highest BCUT2D eigenvalue weighted by Gasteiger charge is 2.39. The second-order valence-electron chi connectivity index (χ2n) is 7.82. The molecular weight excluding hydrogens is 434 g/mol. The molecule has 1 aliphatic heterocycles. The minimum Gasteiger partial charge on any atom is -0.480 e. The van der Waals surface area contributed by atoms with Crippen molar-refractivity contribution in [2.45, 2.75) is 12.6 Å². The lowest BCUT2D eigenvalue weighted by atomic mass is 10.1. The lowest BCUT2D eigenvalue weighted by Crippen LogP contribution is -2.61. The molecule has 1 fully saturated rings. The van der Waals surface area contributed by atoms with Crippen LogP contribution < -0.4 is 4.90 Å². The molecule has 1 atom stereocenters. The average Bonchev–Trinajstić information content (AvgIpc) is 2.89. The Kier molecular flexibility index (Phi) is 7.07. The first-order valence-electron chi connectivity index (χ1n) is 10.9. The average molecular weight is 460 g/mol. The highest BCUT2D eigenvalue weighted by molar-refractivity contribution is 6.01. The van der Waals surface area contributed by atoms with E-state index >= 15 is 0 Å². The number of rotatable bonds is 5. The summed E-state index contributed by atoms with van der Waals surface area (Å²) in [5.74, 6) is -1.19. The number of carbonyl (C=O) groups excluding carboxylic acids is 2. The van der Waals surface area contributed by atoms with Crippen LogP contribution in [0.3, 0.4) is 0 Å². The number of aliphatic carboxylic acids is 1. The molecule has 34 heavy (non-hydrogen) atoms. The number of carboxylic acid groups (broad SMARTS) is 1. The van der Waals surface area contributed by atoms with E-state index in [0.29, 0.717) is 11.4 Å². The Morgan fingerprint density at radius 3 is 1.88 bits per heavy atom. The molecule has 1 saturated heterocycles. The molecule has 0 bridgehead atoms. The van der Waals surface area contributed by atoms with Gasteiger partial charge in [0.05, 0.1) is 17.9 Å². The molecule has 3 aromatic rings. The van der Waals surface area contributed by atoms with Gasteiger partial charge in [0.25, 0.3) is 0 Å². The SMILES string of the molecule is O=C(O)C1CN(C(=O)OCc2ccccc2)CCN1C(=O)N(c1ccccc1)c1ccccc1. The van der Waals surface area contributed by atoms with Gasteiger partial charge in [-0.1, -0.05) is 66.7 Å². The molecule has 1 aliphatic rings. The van der Waals surface area contributed by atoms with Crippen molar-refractivity contribution in [3.05, 3.63) is 96.6 Å². The minimum absolute atomic E-state index is 0.0619. The summed E-state index contributed by atoms with van der Waals surface area (Å²) in [6, 6.07) is 25.7. The topological polar surface area (TPSA) is 90.4 Å². The summed E-state index contributed by atoms with van der Waals surface area (Å²) in [6.45, 7) is 0.158. The van der Waals surface area contributed by atoms with E-state index in [0.717, 1.165) is 5.56 Å². The van der Waals surface area contributed by atoms with Crippen molar-refractivity contribution in [3.8, 4) is 0 Å². The van der Waals surface area contributed by atoms with Crippen LogP contribution in [0.15, 0.2) is 91.0 Å². The van der Waals surface area contributed by atoms with Gasteiger partial charge >= 0.3 is 18.1 Å². The van der Waals surface area contributed by atoms with E-state index in [1.54, 1.807) is 24.3 Å². The van der Waals surface area contributed by atoms with Gasteiger partial charge in [0.15, 0.2) is 0 Å². The minimum atomic E-state index is -1.21. The van der Waals surface area contributed by atoms with Crippen molar-refractivity contribution >= 4 is 29.5 Å². The van der Waals surface area contributed by atoms with E-state index < -0.39 is 24.1 Å². The van der Waals surface area contributed by atoms with E-state index in [9.17, 15) is 19.5 Å². The monoisotopic (exact) mass is 459 g/mol. The van der Waals surface area contributed by atoms with Gasteiger partial charge < -0.3 is 19.6 Å². The predicted molar refractivity (Wildman–Crippen MR) is 127 cm³/mol. The number of benzene rings is 3.